The molecule has 5 nitrogen and oxygen atoms in total. The number of aromatic nitrogens is 1. The second-order valence-corrected chi connectivity index (χ2v) is 4.04. The van der Waals surface area contributed by atoms with Gasteiger partial charge < -0.3 is 15.2 Å². The van der Waals surface area contributed by atoms with Gasteiger partial charge in [0.2, 0.25) is 0 Å². The topological polar surface area (TPSA) is 74.4 Å². The van der Waals surface area contributed by atoms with Gasteiger partial charge in [0.1, 0.15) is 3.70 Å². The Morgan fingerprint density at radius 3 is 2.61 bits per heavy atom. The smallest absolute Gasteiger partial charge is 0.465 e. The number of pyridine rings is 1. The number of alkyl halides is 3. The first-order valence-corrected chi connectivity index (χ1v) is 5.60. The molecular formula is C9H8F3IN2O3. The molecule has 0 aliphatic heterocycles. The molecule has 0 aliphatic carbocycles. The van der Waals surface area contributed by atoms with Crippen molar-refractivity contribution in [3.8, 4) is 5.75 Å². The monoisotopic (exact) mass is 376 g/mol. The average Bonchev–Trinajstić information content (AvgIpc) is 2.28. The van der Waals surface area contributed by atoms with Crippen LogP contribution in [0.15, 0.2) is 6.07 Å². The number of nitrogens with zero attached hydrogens (tertiary/aromatic N) is 1. The van der Waals surface area contributed by atoms with Crippen molar-refractivity contribution in [3.05, 3.63) is 21.0 Å². The van der Waals surface area contributed by atoms with Crippen molar-refractivity contribution in [1.82, 2.24) is 4.98 Å². The van der Waals surface area contributed by atoms with E-state index in [1.165, 1.54) is 0 Å². The summed E-state index contributed by atoms with van der Waals surface area (Å²) in [6.07, 6.45) is -4.88. The number of hydrogen-bond donors (Lipinski definition) is 1. The number of esters is 1. The van der Waals surface area contributed by atoms with Gasteiger partial charge in [-0.2, -0.15) is 0 Å². The second-order valence-electron chi connectivity index (χ2n) is 3.02. The summed E-state index contributed by atoms with van der Waals surface area (Å²) in [4.78, 5) is 15.1. The highest BCUT2D eigenvalue weighted by molar-refractivity contribution is 14.1. The molecule has 1 rings (SSSR count). The molecule has 0 aromatic carbocycles. The zero-order valence-corrected chi connectivity index (χ0v) is 11.2. The maximum Gasteiger partial charge on any atom is 0.573 e. The highest BCUT2D eigenvalue weighted by Crippen LogP contribution is 2.28. The summed E-state index contributed by atoms with van der Waals surface area (Å²) in [6.45, 7) is -0.247. The molecule has 0 radical (unpaired) electrons. The van der Waals surface area contributed by atoms with Crippen LogP contribution in [0.2, 0.25) is 0 Å². The van der Waals surface area contributed by atoms with Crippen molar-refractivity contribution >= 4 is 28.6 Å². The Hall–Kier alpha value is -1.10. The van der Waals surface area contributed by atoms with Gasteiger partial charge in [0.15, 0.2) is 5.75 Å². The molecule has 0 atom stereocenters. The molecule has 100 valence electrons. The number of carbonyl (C=O) groups is 1. The van der Waals surface area contributed by atoms with Gasteiger partial charge >= 0.3 is 12.3 Å². The number of halogens is 4. The number of methoxy groups -OCH3 is 1. The lowest BCUT2D eigenvalue weighted by atomic mass is 10.2. The van der Waals surface area contributed by atoms with E-state index >= 15 is 0 Å². The second kappa shape index (κ2) is 5.69. The highest BCUT2D eigenvalue weighted by Gasteiger charge is 2.33. The predicted octanol–water partition coefficient (Wildman–Crippen LogP) is 1.83. The van der Waals surface area contributed by atoms with E-state index in [0.717, 1.165) is 13.2 Å². The van der Waals surface area contributed by atoms with Gasteiger partial charge in [-0.15, -0.1) is 13.2 Å². The summed E-state index contributed by atoms with van der Waals surface area (Å²) < 4.78 is 44.9. The summed E-state index contributed by atoms with van der Waals surface area (Å²) in [6, 6.07) is 0.913. The van der Waals surface area contributed by atoms with Crippen LogP contribution >= 0.6 is 22.6 Å². The maximum absolute atomic E-state index is 12.2. The molecule has 0 saturated carbocycles. The standard InChI is InChI=1S/C9H8F3IN2O3/c1-17-8(16)4-2-6(18-9(10,11)12)5(3-14)15-7(4)13/h2H,3,14H2,1H3. The third-order valence-corrected chi connectivity index (χ3v) is 2.66. The fourth-order valence-corrected chi connectivity index (χ4v) is 1.79. The zero-order valence-electron chi connectivity index (χ0n) is 9.05. The van der Waals surface area contributed by atoms with Crippen LogP contribution in [0, 0.1) is 3.70 Å². The molecule has 1 aromatic rings. The van der Waals surface area contributed by atoms with Gasteiger partial charge in [0, 0.05) is 6.54 Å². The zero-order chi connectivity index (χ0) is 13.9. The third kappa shape index (κ3) is 3.70. The summed E-state index contributed by atoms with van der Waals surface area (Å²) in [7, 11) is 1.11. The lowest BCUT2D eigenvalue weighted by molar-refractivity contribution is -0.275. The van der Waals surface area contributed by atoms with Gasteiger partial charge in [-0.1, -0.05) is 0 Å². The maximum atomic E-state index is 12.2. The van der Waals surface area contributed by atoms with Crippen LogP contribution in [0.5, 0.6) is 5.75 Å². The van der Waals surface area contributed by atoms with Gasteiger partial charge in [-0.3, -0.25) is 0 Å². The van der Waals surface area contributed by atoms with Gasteiger partial charge in [-0.25, -0.2) is 9.78 Å². The largest absolute Gasteiger partial charge is 0.573 e. The Kier molecular flexibility index (Phi) is 4.73. The number of nitrogens with two attached hydrogens (primary N) is 1. The number of rotatable bonds is 3. The Labute approximate surface area is 114 Å². The van der Waals surface area contributed by atoms with E-state index in [0.29, 0.717) is 0 Å². The predicted molar refractivity (Wildman–Crippen MR) is 62.9 cm³/mol. The fourth-order valence-electron chi connectivity index (χ4n) is 1.12. The molecule has 0 bridgehead atoms. The quantitative estimate of drug-likeness (QED) is 0.495. The van der Waals surface area contributed by atoms with Crippen molar-refractivity contribution in [1.29, 1.82) is 0 Å². The van der Waals surface area contributed by atoms with Crippen LogP contribution in [0.25, 0.3) is 0 Å². The molecule has 0 aliphatic rings. The van der Waals surface area contributed by atoms with Crippen molar-refractivity contribution in [3.63, 3.8) is 0 Å². The van der Waals surface area contributed by atoms with E-state index < -0.39 is 18.1 Å². The normalized spacial score (nSPS) is 11.2. The minimum absolute atomic E-state index is 0.0932. The van der Waals surface area contributed by atoms with E-state index in [1.807, 2.05) is 0 Å². The Balaban J connectivity index is 3.26. The molecule has 0 saturated heterocycles. The molecular weight excluding hydrogens is 368 g/mol. The minimum Gasteiger partial charge on any atom is -0.465 e. The molecule has 0 amide bonds. The lowest BCUT2D eigenvalue weighted by Crippen LogP contribution is -2.20. The average molecular weight is 376 g/mol. The van der Waals surface area contributed by atoms with Crippen molar-refractivity contribution in [2.24, 2.45) is 5.73 Å². The Bertz CT molecular complexity index is 465. The summed E-state index contributed by atoms with van der Waals surface area (Å²) in [5, 5.41) is 0. The summed E-state index contributed by atoms with van der Waals surface area (Å²) in [5.74, 6) is -1.41. The molecule has 9 heteroatoms. The van der Waals surface area contributed by atoms with Gasteiger partial charge in [0.05, 0.1) is 18.4 Å². The third-order valence-electron chi connectivity index (χ3n) is 1.84. The van der Waals surface area contributed by atoms with Gasteiger partial charge in [0.25, 0.3) is 0 Å². The van der Waals surface area contributed by atoms with Crippen LogP contribution in [-0.4, -0.2) is 24.4 Å². The number of hydrogen-bond acceptors (Lipinski definition) is 5. The summed E-state index contributed by atoms with van der Waals surface area (Å²) in [5.41, 5.74) is 5.06. The number of ether oxygens (including phenoxy) is 2. The number of carbonyl (C=O) groups excluding carboxylic acids is 1. The molecule has 0 fully saturated rings. The SMILES string of the molecule is COC(=O)c1cc(OC(F)(F)F)c(CN)nc1I. The highest BCUT2D eigenvalue weighted by atomic mass is 127. The van der Waals surface area contributed by atoms with Crippen molar-refractivity contribution in [2.75, 3.05) is 7.11 Å². The van der Waals surface area contributed by atoms with E-state index in [1.54, 1.807) is 22.6 Å². The summed E-state index contributed by atoms with van der Waals surface area (Å²) >= 11 is 1.70. The first-order valence-electron chi connectivity index (χ1n) is 4.52. The van der Waals surface area contributed by atoms with Gasteiger partial charge in [-0.05, 0) is 28.7 Å². The first kappa shape index (κ1) is 15.0. The van der Waals surface area contributed by atoms with Crippen LogP contribution in [0.4, 0.5) is 13.2 Å². The van der Waals surface area contributed by atoms with Crippen LogP contribution < -0.4 is 10.5 Å². The molecule has 18 heavy (non-hydrogen) atoms. The van der Waals surface area contributed by atoms with Crippen molar-refractivity contribution in [2.45, 2.75) is 12.9 Å². The van der Waals surface area contributed by atoms with Crippen LogP contribution in [-0.2, 0) is 11.3 Å². The Morgan fingerprint density at radius 1 is 1.56 bits per heavy atom. The van der Waals surface area contributed by atoms with E-state index in [4.69, 9.17) is 5.73 Å². The Morgan fingerprint density at radius 2 is 2.17 bits per heavy atom. The van der Waals surface area contributed by atoms with E-state index in [-0.39, 0.29) is 21.5 Å². The van der Waals surface area contributed by atoms with Crippen molar-refractivity contribution < 1.29 is 27.4 Å². The van der Waals surface area contributed by atoms with Crippen LogP contribution in [0.1, 0.15) is 16.1 Å². The minimum atomic E-state index is -4.88. The molecule has 0 spiro atoms. The van der Waals surface area contributed by atoms with Crippen LogP contribution in [0.3, 0.4) is 0 Å². The first-order chi connectivity index (χ1) is 8.28. The lowest BCUT2D eigenvalue weighted by Gasteiger charge is -2.13. The molecule has 1 heterocycles. The fraction of sp³-hybridized carbons (Fsp3) is 0.333. The van der Waals surface area contributed by atoms with E-state index in [2.05, 4.69) is 14.5 Å². The molecule has 1 aromatic heterocycles. The molecule has 0 unspecified atom stereocenters. The van der Waals surface area contributed by atoms with E-state index in [9.17, 15) is 18.0 Å². The molecule has 2 N–H and O–H groups in total.